The van der Waals surface area contributed by atoms with E-state index in [1.807, 2.05) is 25.1 Å². The Balaban J connectivity index is 1.81. The number of hydrogen-bond acceptors (Lipinski definition) is 4. The zero-order chi connectivity index (χ0) is 22.4. The highest BCUT2D eigenvalue weighted by atomic mass is 35.5. The molecule has 0 bridgehead atoms. The summed E-state index contributed by atoms with van der Waals surface area (Å²) in [5.41, 5.74) is 2.64. The minimum Gasteiger partial charge on any atom is -0.352 e. The van der Waals surface area contributed by atoms with Gasteiger partial charge in [0.1, 0.15) is 11.5 Å². The van der Waals surface area contributed by atoms with Crippen molar-refractivity contribution >= 4 is 17.5 Å². The molecule has 0 radical (unpaired) electrons. The molecule has 0 aliphatic carbocycles. The van der Waals surface area contributed by atoms with Crippen molar-refractivity contribution in [1.29, 1.82) is 0 Å². The molecule has 0 saturated carbocycles. The minimum atomic E-state index is -0.323. The quantitative estimate of drug-likeness (QED) is 0.525. The molecule has 2 aromatic heterocycles. The van der Waals surface area contributed by atoms with Gasteiger partial charge in [-0.05, 0) is 49.1 Å². The van der Waals surface area contributed by atoms with Crippen LogP contribution in [0.4, 0.5) is 4.39 Å². The molecule has 2 heterocycles. The first kappa shape index (κ1) is 22.8. The van der Waals surface area contributed by atoms with Crippen molar-refractivity contribution < 1.29 is 9.18 Å². The van der Waals surface area contributed by atoms with Crippen molar-refractivity contribution in [3.05, 3.63) is 76.5 Å². The van der Waals surface area contributed by atoms with E-state index < -0.39 is 0 Å². The maximum absolute atomic E-state index is 13.4. The number of hydrogen-bond donors (Lipinski definition) is 1. The van der Waals surface area contributed by atoms with E-state index in [9.17, 15) is 9.18 Å². The van der Waals surface area contributed by atoms with Crippen LogP contribution in [0.15, 0.2) is 48.7 Å². The normalized spacial score (nSPS) is 12.1. The highest BCUT2D eigenvalue weighted by Gasteiger charge is 2.23. The molecule has 0 saturated heterocycles. The number of benzene rings is 1. The fourth-order valence-electron chi connectivity index (χ4n) is 3.43. The van der Waals surface area contributed by atoms with Crippen LogP contribution in [0, 0.1) is 24.6 Å². The Morgan fingerprint density at radius 2 is 1.97 bits per heavy atom. The van der Waals surface area contributed by atoms with Crippen molar-refractivity contribution in [3.63, 3.8) is 0 Å². The van der Waals surface area contributed by atoms with E-state index in [1.165, 1.54) is 12.1 Å². The summed E-state index contributed by atoms with van der Waals surface area (Å²) in [6.07, 6.45) is 2.74. The molecule has 162 valence electrons. The van der Waals surface area contributed by atoms with Crippen LogP contribution in [-0.2, 0) is 17.8 Å². The van der Waals surface area contributed by atoms with Gasteiger partial charge in [-0.2, -0.15) is 0 Å². The molecule has 3 aromatic rings. The summed E-state index contributed by atoms with van der Waals surface area (Å²) in [6.45, 7) is 6.22. The number of carbonyl (C=O) groups excluding carboxylic acids is 1. The Morgan fingerprint density at radius 3 is 2.65 bits per heavy atom. The summed E-state index contributed by atoms with van der Waals surface area (Å²) in [5, 5.41) is 3.39. The van der Waals surface area contributed by atoms with Crippen LogP contribution < -0.4 is 5.32 Å². The monoisotopic (exact) mass is 440 g/mol. The van der Waals surface area contributed by atoms with Gasteiger partial charge in [0.05, 0.1) is 16.4 Å². The van der Waals surface area contributed by atoms with Crippen LogP contribution >= 0.6 is 11.6 Å². The summed E-state index contributed by atoms with van der Waals surface area (Å²) < 4.78 is 13.4. The van der Waals surface area contributed by atoms with Gasteiger partial charge in [0.15, 0.2) is 5.82 Å². The first-order valence-corrected chi connectivity index (χ1v) is 10.7. The molecule has 5 nitrogen and oxygen atoms in total. The predicted octanol–water partition coefficient (Wildman–Crippen LogP) is 5.16. The Kier molecular flexibility index (Phi) is 7.69. The first-order chi connectivity index (χ1) is 14.8. The highest BCUT2D eigenvalue weighted by Crippen LogP contribution is 2.26. The van der Waals surface area contributed by atoms with Crippen molar-refractivity contribution in [1.82, 2.24) is 20.3 Å². The molecule has 1 amide bonds. The second-order valence-corrected chi connectivity index (χ2v) is 8.36. The third kappa shape index (κ3) is 6.31. The summed E-state index contributed by atoms with van der Waals surface area (Å²) in [4.78, 5) is 26.4. The van der Waals surface area contributed by atoms with Crippen LogP contribution in [-0.4, -0.2) is 20.9 Å². The van der Waals surface area contributed by atoms with Crippen molar-refractivity contribution in [2.24, 2.45) is 11.8 Å². The van der Waals surface area contributed by atoms with Gasteiger partial charge in [0.25, 0.3) is 0 Å². The summed E-state index contributed by atoms with van der Waals surface area (Å²) in [7, 11) is 0. The van der Waals surface area contributed by atoms with Crippen molar-refractivity contribution in [3.8, 4) is 11.5 Å². The van der Waals surface area contributed by atoms with E-state index in [2.05, 4.69) is 34.1 Å². The third-order valence-electron chi connectivity index (χ3n) is 4.90. The standard InChI is InChI=1S/C24H26ClFN4O/c1-15(2)11-18(24(31)28-14-17-7-6-8-19(26)12-17)13-21-22(25)16(3)29-23(30-21)20-9-4-5-10-27-20/h4-10,12,15,18H,11,13-14H2,1-3H3,(H,28,31). The number of rotatable bonds is 8. The molecule has 31 heavy (non-hydrogen) atoms. The predicted molar refractivity (Wildman–Crippen MR) is 120 cm³/mol. The van der Waals surface area contributed by atoms with Gasteiger partial charge in [-0.3, -0.25) is 9.78 Å². The minimum absolute atomic E-state index is 0.107. The third-order valence-corrected chi connectivity index (χ3v) is 5.39. The van der Waals surface area contributed by atoms with Crippen LogP contribution in [0.3, 0.4) is 0 Å². The van der Waals surface area contributed by atoms with E-state index in [0.29, 0.717) is 52.3 Å². The number of pyridine rings is 1. The Hall–Kier alpha value is -2.86. The molecule has 7 heteroatoms. The van der Waals surface area contributed by atoms with Gasteiger partial charge < -0.3 is 5.32 Å². The first-order valence-electron chi connectivity index (χ1n) is 10.3. The average Bonchev–Trinajstić information content (AvgIpc) is 2.75. The summed E-state index contributed by atoms with van der Waals surface area (Å²) in [6, 6.07) is 11.7. The second kappa shape index (κ2) is 10.4. The smallest absolute Gasteiger partial charge is 0.223 e. The van der Waals surface area contributed by atoms with Crippen LogP contribution in [0.5, 0.6) is 0 Å². The Labute approximate surface area is 187 Å². The number of aromatic nitrogens is 3. The van der Waals surface area contributed by atoms with E-state index in [0.717, 1.165) is 0 Å². The molecule has 1 aromatic carbocycles. The highest BCUT2D eigenvalue weighted by molar-refractivity contribution is 6.31. The van der Waals surface area contributed by atoms with Gasteiger partial charge in [0, 0.05) is 25.1 Å². The number of amides is 1. The zero-order valence-electron chi connectivity index (χ0n) is 17.9. The lowest BCUT2D eigenvalue weighted by Gasteiger charge is -2.20. The maximum Gasteiger partial charge on any atom is 0.223 e. The summed E-state index contributed by atoms with van der Waals surface area (Å²) >= 11 is 6.51. The van der Waals surface area contributed by atoms with E-state index in [1.54, 1.807) is 18.3 Å². The lowest BCUT2D eigenvalue weighted by molar-refractivity contribution is -0.125. The average molecular weight is 441 g/mol. The second-order valence-electron chi connectivity index (χ2n) is 7.99. The van der Waals surface area contributed by atoms with Crippen LogP contribution in [0.1, 0.15) is 37.2 Å². The van der Waals surface area contributed by atoms with Crippen molar-refractivity contribution in [2.45, 2.75) is 40.2 Å². The fraction of sp³-hybridized carbons (Fsp3) is 0.333. The molecule has 0 aliphatic rings. The molecule has 0 spiro atoms. The largest absolute Gasteiger partial charge is 0.352 e. The number of nitrogens with zero attached hydrogens (tertiary/aromatic N) is 3. The number of carbonyl (C=O) groups is 1. The van der Waals surface area contributed by atoms with Crippen molar-refractivity contribution in [2.75, 3.05) is 0 Å². The van der Waals surface area contributed by atoms with Gasteiger partial charge in [-0.1, -0.05) is 43.6 Å². The number of aryl methyl sites for hydroxylation is 1. The van der Waals surface area contributed by atoms with Crippen LogP contribution in [0.25, 0.3) is 11.5 Å². The lowest BCUT2D eigenvalue weighted by atomic mass is 9.91. The molecule has 3 rings (SSSR count). The SMILES string of the molecule is Cc1nc(-c2ccccn2)nc(CC(CC(C)C)C(=O)NCc2cccc(F)c2)c1Cl. The van der Waals surface area contributed by atoms with Gasteiger partial charge in [-0.25, -0.2) is 14.4 Å². The number of nitrogens with one attached hydrogen (secondary N) is 1. The molecular weight excluding hydrogens is 415 g/mol. The van der Waals surface area contributed by atoms with E-state index in [4.69, 9.17) is 11.6 Å². The summed E-state index contributed by atoms with van der Waals surface area (Å²) in [5.74, 6) is 0.0419. The molecule has 1 atom stereocenters. The maximum atomic E-state index is 13.4. The van der Waals surface area contributed by atoms with Gasteiger partial charge in [-0.15, -0.1) is 0 Å². The van der Waals surface area contributed by atoms with Gasteiger partial charge >= 0.3 is 0 Å². The molecule has 1 N–H and O–H groups in total. The lowest BCUT2D eigenvalue weighted by Crippen LogP contribution is -2.32. The Bertz CT molecular complexity index is 1040. The molecular formula is C24H26ClFN4O. The van der Waals surface area contributed by atoms with E-state index in [-0.39, 0.29) is 24.2 Å². The zero-order valence-corrected chi connectivity index (χ0v) is 18.7. The number of halogens is 2. The molecule has 0 aliphatic heterocycles. The topological polar surface area (TPSA) is 67.8 Å². The molecule has 0 fully saturated rings. The van der Waals surface area contributed by atoms with Crippen LogP contribution in [0.2, 0.25) is 5.02 Å². The molecule has 1 unspecified atom stereocenters. The van der Waals surface area contributed by atoms with E-state index >= 15 is 0 Å². The Morgan fingerprint density at radius 1 is 1.16 bits per heavy atom. The fourth-order valence-corrected chi connectivity index (χ4v) is 3.59. The van der Waals surface area contributed by atoms with Gasteiger partial charge in [0.2, 0.25) is 5.91 Å².